The second-order valence-corrected chi connectivity index (χ2v) is 5.77. The average Bonchev–Trinajstić information content (AvgIpc) is 2.42. The Bertz CT molecular complexity index is 478. The Hall–Kier alpha value is -0.960. The molecule has 0 spiro atoms. The monoisotopic (exact) mass is 325 g/mol. The van der Waals surface area contributed by atoms with Crippen LogP contribution in [0.1, 0.15) is 12.5 Å². The van der Waals surface area contributed by atoms with Gasteiger partial charge in [0.15, 0.2) is 0 Å². The van der Waals surface area contributed by atoms with E-state index in [0.717, 1.165) is 36.2 Å². The summed E-state index contributed by atoms with van der Waals surface area (Å²) < 4.78 is 14.5. The van der Waals surface area contributed by atoms with Crippen molar-refractivity contribution in [3.63, 3.8) is 0 Å². The van der Waals surface area contributed by atoms with Gasteiger partial charge in [0.05, 0.1) is 12.1 Å². The lowest BCUT2D eigenvalue weighted by Gasteiger charge is -2.35. The number of benzene rings is 1. The summed E-state index contributed by atoms with van der Waals surface area (Å²) in [6, 6.07) is 7.42. The predicted molar refractivity (Wildman–Crippen MR) is 76.0 cm³/mol. The highest BCUT2D eigenvalue weighted by Crippen LogP contribution is 2.17. The summed E-state index contributed by atoms with van der Waals surface area (Å²) in [6.45, 7) is 6.04. The third kappa shape index (κ3) is 3.75. The van der Waals surface area contributed by atoms with E-state index in [1.165, 1.54) is 6.07 Å². The number of piperazine rings is 1. The van der Waals surface area contributed by atoms with Crippen LogP contribution >= 0.6 is 15.9 Å². The molecule has 1 unspecified atom stereocenters. The second kappa shape index (κ2) is 6.47. The molecule has 1 heterocycles. The summed E-state index contributed by atoms with van der Waals surface area (Å²) in [4.78, 5) is 4.39. The van der Waals surface area contributed by atoms with Gasteiger partial charge in [-0.05, 0) is 19.1 Å². The van der Waals surface area contributed by atoms with E-state index in [2.05, 4.69) is 31.8 Å². The molecule has 1 aliphatic heterocycles. The van der Waals surface area contributed by atoms with Crippen molar-refractivity contribution >= 4 is 15.9 Å². The van der Waals surface area contributed by atoms with Crippen molar-refractivity contribution in [1.82, 2.24) is 9.80 Å². The Labute approximate surface area is 121 Å². The van der Waals surface area contributed by atoms with Crippen molar-refractivity contribution < 1.29 is 4.39 Å². The number of hydrogen-bond donors (Lipinski definition) is 0. The van der Waals surface area contributed by atoms with Gasteiger partial charge in [0.25, 0.3) is 0 Å². The van der Waals surface area contributed by atoms with Crippen molar-refractivity contribution in [2.24, 2.45) is 0 Å². The van der Waals surface area contributed by atoms with Gasteiger partial charge in [0.2, 0.25) is 0 Å². The van der Waals surface area contributed by atoms with Crippen LogP contribution in [-0.2, 0) is 6.54 Å². The first kappa shape index (κ1) is 14.4. The van der Waals surface area contributed by atoms with Crippen LogP contribution in [0.2, 0.25) is 0 Å². The largest absolute Gasteiger partial charge is 0.296 e. The third-order valence-corrected chi connectivity index (χ3v) is 4.04. The van der Waals surface area contributed by atoms with Crippen molar-refractivity contribution in [2.75, 3.05) is 26.2 Å². The van der Waals surface area contributed by atoms with E-state index in [1.807, 2.05) is 19.1 Å². The molecule has 1 saturated heterocycles. The molecule has 102 valence electrons. The normalized spacial score (nSPS) is 19.1. The maximum Gasteiger partial charge on any atom is 0.128 e. The standard InChI is InChI=1S/C14H17BrFN3/c1-11(9-17)19-6-4-18(5-7-19)10-12-2-3-13(15)8-14(12)16/h2-3,8,11H,4-7,10H2,1H3. The summed E-state index contributed by atoms with van der Waals surface area (Å²) in [6.07, 6.45) is 0. The lowest BCUT2D eigenvalue weighted by atomic mass is 10.1. The molecule has 1 fully saturated rings. The number of rotatable bonds is 3. The fourth-order valence-corrected chi connectivity index (χ4v) is 2.61. The van der Waals surface area contributed by atoms with Crippen LogP contribution in [0.5, 0.6) is 0 Å². The predicted octanol–water partition coefficient (Wildman–Crippen LogP) is 2.62. The summed E-state index contributed by atoms with van der Waals surface area (Å²) in [5.74, 6) is -0.165. The van der Waals surface area contributed by atoms with E-state index in [0.29, 0.717) is 6.54 Å². The molecule has 1 aromatic rings. The molecule has 0 bridgehead atoms. The van der Waals surface area contributed by atoms with Crippen LogP contribution in [0.4, 0.5) is 4.39 Å². The van der Waals surface area contributed by atoms with Gasteiger partial charge in [0, 0.05) is 42.8 Å². The molecule has 0 N–H and O–H groups in total. The Kier molecular flexibility index (Phi) is 4.92. The molecular formula is C14H17BrFN3. The quantitative estimate of drug-likeness (QED) is 0.855. The number of hydrogen-bond acceptors (Lipinski definition) is 3. The topological polar surface area (TPSA) is 30.3 Å². The highest BCUT2D eigenvalue weighted by Gasteiger charge is 2.21. The van der Waals surface area contributed by atoms with E-state index in [1.54, 1.807) is 0 Å². The van der Waals surface area contributed by atoms with Gasteiger partial charge in [0.1, 0.15) is 5.82 Å². The maximum atomic E-state index is 13.8. The molecule has 3 nitrogen and oxygen atoms in total. The Balaban J connectivity index is 1.91. The van der Waals surface area contributed by atoms with Crippen LogP contribution < -0.4 is 0 Å². The van der Waals surface area contributed by atoms with Crippen molar-refractivity contribution in [2.45, 2.75) is 19.5 Å². The Morgan fingerprint density at radius 2 is 2.05 bits per heavy atom. The van der Waals surface area contributed by atoms with Crippen molar-refractivity contribution in [1.29, 1.82) is 5.26 Å². The van der Waals surface area contributed by atoms with E-state index in [-0.39, 0.29) is 11.9 Å². The molecule has 0 amide bonds. The zero-order valence-electron chi connectivity index (χ0n) is 10.9. The summed E-state index contributed by atoms with van der Waals surface area (Å²) in [5, 5.41) is 8.89. The van der Waals surface area contributed by atoms with Crippen molar-refractivity contribution in [3.05, 3.63) is 34.1 Å². The summed E-state index contributed by atoms with van der Waals surface area (Å²) in [5.41, 5.74) is 0.727. The lowest BCUT2D eigenvalue weighted by Crippen LogP contribution is -2.48. The molecule has 0 aromatic heterocycles. The van der Waals surface area contributed by atoms with Crippen molar-refractivity contribution in [3.8, 4) is 6.07 Å². The molecular weight excluding hydrogens is 309 g/mol. The van der Waals surface area contributed by atoms with Gasteiger partial charge in [-0.3, -0.25) is 9.80 Å². The summed E-state index contributed by atoms with van der Waals surface area (Å²) in [7, 11) is 0. The van der Waals surface area contributed by atoms with Gasteiger partial charge in [-0.2, -0.15) is 5.26 Å². The van der Waals surface area contributed by atoms with Crippen LogP contribution in [0.25, 0.3) is 0 Å². The smallest absolute Gasteiger partial charge is 0.128 e. The van der Waals surface area contributed by atoms with Gasteiger partial charge >= 0.3 is 0 Å². The first-order valence-corrected chi connectivity index (χ1v) is 7.19. The third-order valence-electron chi connectivity index (χ3n) is 3.55. The van der Waals surface area contributed by atoms with Gasteiger partial charge < -0.3 is 0 Å². The fourth-order valence-electron chi connectivity index (χ4n) is 2.28. The van der Waals surface area contributed by atoms with Crippen LogP contribution in [0, 0.1) is 17.1 Å². The fraction of sp³-hybridized carbons (Fsp3) is 0.500. The molecule has 1 aliphatic rings. The highest BCUT2D eigenvalue weighted by molar-refractivity contribution is 9.10. The molecule has 1 atom stereocenters. The van der Waals surface area contributed by atoms with Gasteiger partial charge in [-0.25, -0.2) is 4.39 Å². The molecule has 0 radical (unpaired) electrons. The Morgan fingerprint density at radius 3 is 2.63 bits per heavy atom. The maximum absolute atomic E-state index is 13.8. The number of nitriles is 1. The van der Waals surface area contributed by atoms with E-state index in [4.69, 9.17) is 5.26 Å². The average molecular weight is 326 g/mol. The SMILES string of the molecule is CC(C#N)N1CCN(Cc2ccc(Br)cc2F)CC1. The molecule has 0 aliphatic carbocycles. The zero-order chi connectivity index (χ0) is 13.8. The zero-order valence-corrected chi connectivity index (χ0v) is 12.5. The minimum Gasteiger partial charge on any atom is -0.296 e. The molecule has 5 heteroatoms. The summed E-state index contributed by atoms with van der Waals surface area (Å²) >= 11 is 3.26. The van der Waals surface area contributed by atoms with E-state index in [9.17, 15) is 4.39 Å². The highest BCUT2D eigenvalue weighted by atomic mass is 79.9. The first-order valence-electron chi connectivity index (χ1n) is 6.40. The van der Waals surface area contributed by atoms with Gasteiger partial charge in [-0.15, -0.1) is 0 Å². The second-order valence-electron chi connectivity index (χ2n) is 4.85. The van der Waals surface area contributed by atoms with Crippen LogP contribution in [0.3, 0.4) is 0 Å². The van der Waals surface area contributed by atoms with Gasteiger partial charge in [-0.1, -0.05) is 22.0 Å². The molecule has 2 rings (SSSR count). The minimum absolute atomic E-state index is 0.0356. The molecule has 1 aromatic carbocycles. The minimum atomic E-state index is -0.165. The number of halogens is 2. The van der Waals surface area contributed by atoms with E-state index >= 15 is 0 Å². The van der Waals surface area contributed by atoms with Crippen LogP contribution in [0.15, 0.2) is 22.7 Å². The van der Waals surface area contributed by atoms with Crippen LogP contribution in [-0.4, -0.2) is 42.0 Å². The number of nitrogens with zero attached hydrogens (tertiary/aromatic N) is 3. The molecule has 19 heavy (non-hydrogen) atoms. The Morgan fingerprint density at radius 1 is 1.37 bits per heavy atom. The first-order chi connectivity index (χ1) is 9.10. The lowest BCUT2D eigenvalue weighted by molar-refractivity contribution is 0.113. The van der Waals surface area contributed by atoms with E-state index < -0.39 is 0 Å². The molecule has 0 saturated carbocycles.